The van der Waals surface area contributed by atoms with Crippen molar-refractivity contribution in [2.45, 2.75) is 26.0 Å². The van der Waals surface area contributed by atoms with E-state index in [2.05, 4.69) is 35.2 Å². The van der Waals surface area contributed by atoms with Gasteiger partial charge < -0.3 is 15.0 Å². The molecule has 0 saturated carbocycles. The van der Waals surface area contributed by atoms with Gasteiger partial charge in [-0.15, -0.1) is 0 Å². The second-order valence-corrected chi connectivity index (χ2v) is 6.33. The fourth-order valence-electron chi connectivity index (χ4n) is 2.65. The summed E-state index contributed by atoms with van der Waals surface area (Å²) in [6.45, 7) is 8.68. The number of ether oxygens (including phenoxy) is 1. The zero-order valence-corrected chi connectivity index (χ0v) is 14.7. The molecule has 1 aromatic carbocycles. The molecule has 0 aliphatic carbocycles. The third kappa shape index (κ3) is 5.22. The van der Waals surface area contributed by atoms with Gasteiger partial charge in [-0.25, -0.2) is 0 Å². The van der Waals surface area contributed by atoms with Gasteiger partial charge in [-0.3, -0.25) is 9.69 Å². The lowest BCUT2D eigenvalue weighted by Crippen LogP contribution is -2.52. The Morgan fingerprint density at radius 2 is 1.88 bits per heavy atom. The van der Waals surface area contributed by atoms with E-state index in [1.807, 2.05) is 0 Å². The molecular weight excluding hydrogens is 304 g/mol. The lowest BCUT2D eigenvalue weighted by molar-refractivity contribution is -0.127. The normalized spacial score (nSPS) is 18.4. The van der Waals surface area contributed by atoms with Crippen molar-refractivity contribution in [2.24, 2.45) is 0 Å². The molecule has 0 aromatic heterocycles. The van der Waals surface area contributed by atoms with Gasteiger partial charge in [-0.05, 0) is 45.2 Å². The first-order valence-electron chi connectivity index (χ1n) is 8.36. The first-order chi connectivity index (χ1) is 11.5. The Hall–Kier alpha value is -2.10. The van der Waals surface area contributed by atoms with E-state index in [1.54, 1.807) is 31.2 Å². The Kier molecular flexibility index (Phi) is 6.59. The maximum Gasteiger partial charge on any atom is 0.260 e. The van der Waals surface area contributed by atoms with E-state index in [9.17, 15) is 4.79 Å². The number of hydrogen-bond donors (Lipinski definition) is 1. The molecule has 0 bridgehead atoms. The standard InChI is InChI=1S/C18H26N4O2/c1-14(22-10-8-21(3)9-11-22)13-20-18(23)15(2)24-17-6-4-16(12-19)5-7-17/h4-7,14-15H,8-11,13H2,1-3H3,(H,20,23)/t14-,15+/m0/s1. The highest BCUT2D eigenvalue weighted by Gasteiger charge is 2.21. The van der Waals surface area contributed by atoms with Gasteiger partial charge in [0, 0.05) is 38.8 Å². The van der Waals surface area contributed by atoms with Gasteiger partial charge in [0.2, 0.25) is 0 Å². The van der Waals surface area contributed by atoms with Crippen LogP contribution in [0.2, 0.25) is 0 Å². The zero-order chi connectivity index (χ0) is 17.5. The summed E-state index contributed by atoms with van der Waals surface area (Å²) < 4.78 is 5.63. The van der Waals surface area contributed by atoms with Crippen LogP contribution < -0.4 is 10.1 Å². The van der Waals surface area contributed by atoms with Crippen LogP contribution >= 0.6 is 0 Å². The molecule has 0 radical (unpaired) electrons. The molecule has 1 heterocycles. The van der Waals surface area contributed by atoms with Crippen molar-refractivity contribution in [1.82, 2.24) is 15.1 Å². The summed E-state index contributed by atoms with van der Waals surface area (Å²) in [7, 11) is 2.13. The van der Waals surface area contributed by atoms with Crippen LogP contribution in [0.5, 0.6) is 5.75 Å². The molecule has 6 nitrogen and oxygen atoms in total. The Bertz CT molecular complexity index is 574. The molecule has 2 rings (SSSR count). The molecule has 6 heteroatoms. The predicted octanol–water partition coefficient (Wildman–Crippen LogP) is 1.08. The molecule has 24 heavy (non-hydrogen) atoms. The van der Waals surface area contributed by atoms with E-state index in [0.29, 0.717) is 23.9 Å². The van der Waals surface area contributed by atoms with Gasteiger partial charge in [0.15, 0.2) is 6.10 Å². The number of piperazine rings is 1. The van der Waals surface area contributed by atoms with Crippen LogP contribution in [0.3, 0.4) is 0 Å². The molecule has 1 aromatic rings. The number of likely N-dealkylation sites (N-methyl/N-ethyl adjacent to an activating group) is 1. The summed E-state index contributed by atoms with van der Waals surface area (Å²) in [5.41, 5.74) is 0.570. The number of rotatable bonds is 6. The minimum absolute atomic E-state index is 0.125. The molecule has 0 spiro atoms. The Labute approximate surface area is 144 Å². The van der Waals surface area contributed by atoms with Crippen molar-refractivity contribution in [1.29, 1.82) is 5.26 Å². The number of nitrogens with zero attached hydrogens (tertiary/aromatic N) is 3. The number of nitriles is 1. The average Bonchev–Trinajstić information content (AvgIpc) is 2.60. The Balaban J connectivity index is 1.75. The second-order valence-electron chi connectivity index (χ2n) is 6.33. The van der Waals surface area contributed by atoms with Gasteiger partial charge in [0.25, 0.3) is 5.91 Å². The van der Waals surface area contributed by atoms with Crippen LogP contribution in [0.4, 0.5) is 0 Å². The van der Waals surface area contributed by atoms with E-state index < -0.39 is 6.10 Å². The lowest BCUT2D eigenvalue weighted by Gasteiger charge is -2.36. The minimum Gasteiger partial charge on any atom is -0.481 e. The number of nitrogens with one attached hydrogen (secondary N) is 1. The predicted molar refractivity (Wildman–Crippen MR) is 92.8 cm³/mol. The molecule has 1 aliphatic rings. The van der Waals surface area contributed by atoms with Crippen LogP contribution in [0, 0.1) is 11.3 Å². The Morgan fingerprint density at radius 1 is 1.25 bits per heavy atom. The van der Waals surface area contributed by atoms with Crippen molar-refractivity contribution in [3.63, 3.8) is 0 Å². The van der Waals surface area contributed by atoms with Crippen LogP contribution in [-0.2, 0) is 4.79 Å². The highest BCUT2D eigenvalue weighted by Crippen LogP contribution is 2.13. The summed E-state index contributed by atoms with van der Waals surface area (Å²) in [6, 6.07) is 9.12. The third-order valence-corrected chi connectivity index (χ3v) is 4.40. The zero-order valence-electron chi connectivity index (χ0n) is 14.7. The molecule has 1 fully saturated rings. The highest BCUT2D eigenvalue weighted by molar-refractivity contribution is 5.80. The monoisotopic (exact) mass is 330 g/mol. The fraction of sp³-hybridized carbons (Fsp3) is 0.556. The molecule has 0 unspecified atom stereocenters. The summed E-state index contributed by atoms with van der Waals surface area (Å²) in [5.74, 6) is 0.462. The SMILES string of the molecule is C[C@@H](Oc1ccc(C#N)cc1)C(=O)NC[C@H](C)N1CCN(C)CC1. The van der Waals surface area contributed by atoms with Gasteiger partial charge in [0.1, 0.15) is 5.75 Å². The fourth-order valence-corrected chi connectivity index (χ4v) is 2.65. The Morgan fingerprint density at radius 3 is 2.46 bits per heavy atom. The minimum atomic E-state index is -0.572. The number of amides is 1. The molecule has 130 valence electrons. The van der Waals surface area contributed by atoms with Crippen molar-refractivity contribution in [2.75, 3.05) is 39.8 Å². The quantitative estimate of drug-likeness (QED) is 0.845. The van der Waals surface area contributed by atoms with E-state index in [0.717, 1.165) is 26.2 Å². The van der Waals surface area contributed by atoms with Gasteiger partial charge in [-0.1, -0.05) is 0 Å². The summed E-state index contributed by atoms with van der Waals surface area (Å²) in [4.78, 5) is 16.9. The molecule has 1 aliphatic heterocycles. The third-order valence-electron chi connectivity index (χ3n) is 4.40. The van der Waals surface area contributed by atoms with E-state index >= 15 is 0 Å². The number of carbonyl (C=O) groups is 1. The molecule has 1 N–H and O–H groups in total. The van der Waals surface area contributed by atoms with Crippen molar-refractivity contribution < 1.29 is 9.53 Å². The van der Waals surface area contributed by atoms with Gasteiger partial charge in [0.05, 0.1) is 11.6 Å². The summed E-state index contributed by atoms with van der Waals surface area (Å²) >= 11 is 0. The number of benzene rings is 1. The van der Waals surface area contributed by atoms with Crippen LogP contribution in [-0.4, -0.2) is 67.6 Å². The largest absolute Gasteiger partial charge is 0.481 e. The topological polar surface area (TPSA) is 68.6 Å². The molecular formula is C18H26N4O2. The smallest absolute Gasteiger partial charge is 0.260 e. The van der Waals surface area contributed by atoms with Crippen molar-refractivity contribution in [3.05, 3.63) is 29.8 Å². The maximum absolute atomic E-state index is 12.2. The first-order valence-corrected chi connectivity index (χ1v) is 8.36. The summed E-state index contributed by atoms with van der Waals surface area (Å²) in [6.07, 6.45) is -0.572. The average molecular weight is 330 g/mol. The van der Waals surface area contributed by atoms with E-state index in [4.69, 9.17) is 10.00 Å². The molecule has 2 atom stereocenters. The second kappa shape index (κ2) is 8.67. The molecule has 1 saturated heterocycles. The van der Waals surface area contributed by atoms with Crippen LogP contribution in [0.25, 0.3) is 0 Å². The highest BCUT2D eigenvalue weighted by atomic mass is 16.5. The van der Waals surface area contributed by atoms with Crippen LogP contribution in [0.15, 0.2) is 24.3 Å². The molecule has 1 amide bonds. The maximum atomic E-state index is 12.2. The number of carbonyl (C=O) groups excluding carboxylic acids is 1. The van der Waals surface area contributed by atoms with E-state index in [-0.39, 0.29) is 5.91 Å². The van der Waals surface area contributed by atoms with Gasteiger partial charge >= 0.3 is 0 Å². The first kappa shape index (κ1) is 18.2. The summed E-state index contributed by atoms with van der Waals surface area (Å²) in [5, 5.41) is 11.7. The van der Waals surface area contributed by atoms with Crippen molar-refractivity contribution >= 4 is 5.91 Å². The van der Waals surface area contributed by atoms with Crippen molar-refractivity contribution in [3.8, 4) is 11.8 Å². The van der Waals surface area contributed by atoms with Crippen LogP contribution in [0.1, 0.15) is 19.4 Å². The number of hydrogen-bond acceptors (Lipinski definition) is 5. The van der Waals surface area contributed by atoms with Gasteiger partial charge in [-0.2, -0.15) is 5.26 Å². The lowest BCUT2D eigenvalue weighted by atomic mass is 10.2. The van der Waals surface area contributed by atoms with E-state index in [1.165, 1.54) is 0 Å².